The van der Waals surface area contributed by atoms with Gasteiger partial charge in [0.25, 0.3) is 5.91 Å². The van der Waals surface area contributed by atoms with Crippen LogP contribution in [0.2, 0.25) is 5.02 Å². The van der Waals surface area contributed by atoms with Crippen LogP contribution in [0.1, 0.15) is 37.2 Å². The summed E-state index contributed by atoms with van der Waals surface area (Å²) in [6.07, 6.45) is 0. The maximum Gasteiger partial charge on any atom is 0.258 e. The topological polar surface area (TPSA) is 77.2 Å². The van der Waals surface area contributed by atoms with Crippen molar-refractivity contribution >= 4 is 17.5 Å². The van der Waals surface area contributed by atoms with Crippen molar-refractivity contribution in [3.05, 3.63) is 40.5 Å². The smallest absolute Gasteiger partial charge is 0.258 e. The van der Waals surface area contributed by atoms with Gasteiger partial charge in [-0.15, -0.1) is 0 Å². The number of halogens is 1. The Bertz CT molecular complexity index is 685. The van der Waals surface area contributed by atoms with Gasteiger partial charge in [0.2, 0.25) is 5.89 Å². The van der Waals surface area contributed by atoms with Crippen LogP contribution in [0.15, 0.2) is 22.7 Å². The Balaban J connectivity index is 1.98. The Labute approximate surface area is 140 Å². The van der Waals surface area contributed by atoms with E-state index in [2.05, 4.69) is 15.5 Å². The third-order valence-electron chi connectivity index (χ3n) is 3.37. The molecule has 7 heteroatoms. The summed E-state index contributed by atoms with van der Waals surface area (Å²) in [5.74, 6) is 1.35. The molecule has 1 amide bonds. The molecule has 1 N–H and O–H groups in total. The molecule has 1 heterocycles. The minimum Gasteiger partial charge on any atom is -0.483 e. The summed E-state index contributed by atoms with van der Waals surface area (Å²) in [5.41, 5.74) is 0.801. The van der Waals surface area contributed by atoms with Gasteiger partial charge in [-0.3, -0.25) is 4.79 Å². The monoisotopic (exact) mass is 337 g/mol. The second-order valence-corrected chi connectivity index (χ2v) is 6.03. The molecule has 0 spiro atoms. The van der Waals surface area contributed by atoms with Gasteiger partial charge in [-0.1, -0.05) is 36.7 Å². The van der Waals surface area contributed by atoms with E-state index in [1.165, 1.54) is 0 Å². The molecule has 124 valence electrons. The van der Waals surface area contributed by atoms with Crippen molar-refractivity contribution in [2.75, 3.05) is 6.61 Å². The van der Waals surface area contributed by atoms with Gasteiger partial charge in [0.1, 0.15) is 11.8 Å². The van der Waals surface area contributed by atoms with Crippen molar-refractivity contribution in [3.63, 3.8) is 0 Å². The molecule has 0 saturated heterocycles. The van der Waals surface area contributed by atoms with Gasteiger partial charge in [0.05, 0.1) is 0 Å². The van der Waals surface area contributed by atoms with Gasteiger partial charge in [-0.05, 0) is 31.9 Å². The predicted molar refractivity (Wildman–Crippen MR) is 86.4 cm³/mol. The van der Waals surface area contributed by atoms with Crippen LogP contribution in [0.4, 0.5) is 0 Å². The maximum atomic E-state index is 12.1. The molecular weight excluding hydrogens is 318 g/mol. The number of carbonyl (C=O) groups is 1. The Morgan fingerprint density at radius 3 is 2.74 bits per heavy atom. The first-order chi connectivity index (χ1) is 10.9. The van der Waals surface area contributed by atoms with Crippen molar-refractivity contribution < 1.29 is 14.1 Å². The van der Waals surface area contributed by atoms with E-state index < -0.39 is 0 Å². The highest BCUT2D eigenvalue weighted by Gasteiger charge is 2.24. The first-order valence-electron chi connectivity index (χ1n) is 7.36. The van der Waals surface area contributed by atoms with Crippen LogP contribution in [0.3, 0.4) is 0 Å². The van der Waals surface area contributed by atoms with Gasteiger partial charge in [-0.25, -0.2) is 0 Å². The zero-order valence-corrected chi connectivity index (χ0v) is 14.3. The Morgan fingerprint density at radius 2 is 2.13 bits per heavy atom. The summed E-state index contributed by atoms with van der Waals surface area (Å²) in [7, 11) is 0. The maximum absolute atomic E-state index is 12.1. The Hall–Kier alpha value is -2.08. The molecule has 1 aromatic carbocycles. The lowest BCUT2D eigenvalue weighted by Crippen LogP contribution is -2.35. The van der Waals surface area contributed by atoms with Crippen LogP contribution < -0.4 is 10.1 Å². The number of aryl methyl sites for hydroxylation is 1. The van der Waals surface area contributed by atoms with Crippen LogP contribution in [0.25, 0.3) is 0 Å². The third kappa shape index (κ3) is 4.45. The fraction of sp³-hybridized carbons (Fsp3) is 0.438. The average molecular weight is 338 g/mol. The first-order valence-corrected chi connectivity index (χ1v) is 7.73. The number of nitrogens with one attached hydrogen (secondary N) is 1. The van der Waals surface area contributed by atoms with Gasteiger partial charge >= 0.3 is 0 Å². The molecule has 0 fully saturated rings. The number of rotatable bonds is 6. The zero-order chi connectivity index (χ0) is 17.0. The molecule has 2 rings (SSSR count). The SMILES string of the molecule is Cc1noc(C(NC(=O)COc2cccc(Cl)c2C)C(C)C)n1. The molecule has 0 saturated carbocycles. The average Bonchev–Trinajstić information content (AvgIpc) is 2.92. The van der Waals surface area contributed by atoms with Crippen LogP contribution >= 0.6 is 11.6 Å². The number of aromatic nitrogens is 2. The summed E-state index contributed by atoms with van der Waals surface area (Å²) in [4.78, 5) is 16.3. The molecule has 0 aliphatic carbocycles. The number of benzene rings is 1. The third-order valence-corrected chi connectivity index (χ3v) is 3.78. The summed E-state index contributed by atoms with van der Waals surface area (Å²) in [5, 5.41) is 7.22. The summed E-state index contributed by atoms with van der Waals surface area (Å²) in [6, 6.07) is 4.97. The van der Waals surface area contributed by atoms with E-state index in [0.29, 0.717) is 22.5 Å². The number of ether oxygens (including phenoxy) is 1. The molecule has 0 aliphatic heterocycles. The van der Waals surface area contributed by atoms with E-state index in [1.807, 2.05) is 20.8 Å². The van der Waals surface area contributed by atoms with E-state index in [4.69, 9.17) is 20.9 Å². The van der Waals surface area contributed by atoms with Crippen molar-refractivity contribution in [2.24, 2.45) is 5.92 Å². The molecule has 0 radical (unpaired) electrons. The van der Waals surface area contributed by atoms with Crippen molar-refractivity contribution in [1.82, 2.24) is 15.5 Å². The molecule has 6 nitrogen and oxygen atoms in total. The summed E-state index contributed by atoms with van der Waals surface area (Å²) < 4.78 is 10.7. The van der Waals surface area contributed by atoms with Crippen LogP contribution in [-0.4, -0.2) is 22.7 Å². The normalized spacial score (nSPS) is 12.3. The van der Waals surface area contributed by atoms with Gasteiger partial charge in [0, 0.05) is 10.6 Å². The first kappa shape index (κ1) is 17.3. The number of hydrogen-bond donors (Lipinski definition) is 1. The quantitative estimate of drug-likeness (QED) is 0.875. The van der Waals surface area contributed by atoms with Gasteiger partial charge in [0.15, 0.2) is 12.4 Å². The molecule has 0 bridgehead atoms. The second-order valence-electron chi connectivity index (χ2n) is 5.62. The summed E-state index contributed by atoms with van der Waals surface area (Å²) >= 11 is 6.03. The predicted octanol–water partition coefficient (Wildman–Crippen LogP) is 3.23. The highest BCUT2D eigenvalue weighted by atomic mass is 35.5. The van der Waals surface area contributed by atoms with Crippen LogP contribution in [-0.2, 0) is 4.79 Å². The van der Waals surface area contributed by atoms with Gasteiger partial charge in [-0.2, -0.15) is 4.98 Å². The zero-order valence-electron chi connectivity index (χ0n) is 13.6. The minimum absolute atomic E-state index is 0.103. The molecule has 2 aromatic rings. The van der Waals surface area contributed by atoms with Crippen LogP contribution in [0, 0.1) is 19.8 Å². The van der Waals surface area contributed by atoms with E-state index in [9.17, 15) is 4.79 Å². The Kier molecular flexibility index (Phi) is 5.60. The number of carbonyl (C=O) groups excluding carboxylic acids is 1. The minimum atomic E-state index is -0.354. The number of nitrogens with zero attached hydrogens (tertiary/aromatic N) is 2. The van der Waals surface area contributed by atoms with Crippen molar-refractivity contribution in [2.45, 2.75) is 33.7 Å². The van der Waals surface area contributed by atoms with E-state index in [1.54, 1.807) is 25.1 Å². The summed E-state index contributed by atoms with van der Waals surface area (Å²) in [6.45, 7) is 7.39. The van der Waals surface area contributed by atoms with Gasteiger partial charge < -0.3 is 14.6 Å². The highest BCUT2D eigenvalue weighted by Crippen LogP contribution is 2.25. The molecule has 1 aromatic heterocycles. The fourth-order valence-corrected chi connectivity index (χ4v) is 2.22. The molecule has 1 unspecified atom stereocenters. The Morgan fingerprint density at radius 1 is 1.39 bits per heavy atom. The van der Waals surface area contributed by atoms with Crippen LogP contribution in [0.5, 0.6) is 5.75 Å². The largest absolute Gasteiger partial charge is 0.483 e. The van der Waals surface area contributed by atoms with Crippen molar-refractivity contribution in [1.29, 1.82) is 0 Å². The lowest BCUT2D eigenvalue weighted by molar-refractivity contribution is -0.124. The number of amides is 1. The molecular formula is C16H20ClN3O3. The number of hydrogen-bond acceptors (Lipinski definition) is 5. The van der Waals surface area contributed by atoms with E-state index >= 15 is 0 Å². The lowest BCUT2D eigenvalue weighted by Gasteiger charge is -2.19. The van der Waals surface area contributed by atoms with E-state index in [0.717, 1.165) is 5.56 Å². The molecule has 0 aliphatic rings. The van der Waals surface area contributed by atoms with Crippen molar-refractivity contribution in [3.8, 4) is 5.75 Å². The van der Waals surface area contributed by atoms with E-state index in [-0.39, 0.29) is 24.5 Å². The fourth-order valence-electron chi connectivity index (χ4n) is 2.06. The molecule has 1 atom stereocenters. The molecule has 23 heavy (non-hydrogen) atoms. The second kappa shape index (κ2) is 7.46. The highest BCUT2D eigenvalue weighted by molar-refractivity contribution is 6.31. The standard InChI is InChI=1S/C16H20ClN3O3/c1-9(2)15(16-18-11(4)20-23-16)19-14(21)8-22-13-7-5-6-12(17)10(13)3/h5-7,9,15H,8H2,1-4H3,(H,19,21). The lowest BCUT2D eigenvalue weighted by atomic mass is 10.0.